The number of rotatable bonds is 5. The number of hydrogen-bond donors (Lipinski definition) is 0. The van der Waals surface area contributed by atoms with E-state index in [1.54, 1.807) is 0 Å². The molecule has 0 N–H and O–H groups in total. The van der Waals surface area contributed by atoms with Crippen LogP contribution in [-0.2, 0) is 0 Å². The van der Waals surface area contributed by atoms with Crippen LogP contribution in [0.5, 0.6) is 0 Å². The fourth-order valence-corrected chi connectivity index (χ4v) is 7.86. The Hall–Kier alpha value is -5.70. The fraction of sp³-hybridized carbons (Fsp3) is 0. The van der Waals surface area contributed by atoms with Gasteiger partial charge in [0.1, 0.15) is 0 Å². The maximum atomic E-state index is 2.40. The van der Waals surface area contributed by atoms with Crippen molar-refractivity contribution in [3.05, 3.63) is 176 Å². The first-order valence-corrected chi connectivity index (χ1v) is 16.5. The van der Waals surface area contributed by atoms with Crippen LogP contribution in [0.2, 0.25) is 0 Å². The van der Waals surface area contributed by atoms with E-state index in [0.29, 0.717) is 0 Å². The molecular formula is C44H29NS. The molecule has 0 amide bonds. The van der Waals surface area contributed by atoms with E-state index >= 15 is 0 Å². The molecule has 2 heteroatoms. The molecule has 0 spiro atoms. The minimum Gasteiger partial charge on any atom is -0.310 e. The van der Waals surface area contributed by atoms with E-state index in [9.17, 15) is 0 Å². The number of benzene rings is 8. The Morgan fingerprint density at radius 2 is 1.02 bits per heavy atom. The van der Waals surface area contributed by atoms with E-state index in [-0.39, 0.29) is 0 Å². The molecule has 0 saturated heterocycles. The monoisotopic (exact) mass is 603 g/mol. The van der Waals surface area contributed by atoms with Gasteiger partial charge in [-0.2, -0.15) is 0 Å². The maximum Gasteiger partial charge on any atom is 0.0540 e. The zero-order valence-electron chi connectivity index (χ0n) is 25.1. The third-order valence-electron chi connectivity index (χ3n) is 9.02. The molecule has 0 bridgehead atoms. The predicted octanol–water partition coefficient (Wildman–Crippen LogP) is 13.2. The van der Waals surface area contributed by atoms with Crippen molar-refractivity contribution >= 4 is 70.1 Å². The third kappa shape index (κ3) is 4.63. The summed E-state index contributed by atoms with van der Waals surface area (Å²) in [4.78, 5) is 2.40. The lowest BCUT2D eigenvalue weighted by atomic mass is 9.99. The molecule has 1 heterocycles. The molecule has 0 unspecified atom stereocenters. The van der Waals surface area contributed by atoms with Crippen molar-refractivity contribution in [3.63, 3.8) is 0 Å². The van der Waals surface area contributed by atoms with Gasteiger partial charge in [-0.25, -0.2) is 0 Å². The highest BCUT2D eigenvalue weighted by Gasteiger charge is 2.18. The molecule has 0 fully saturated rings. The number of fused-ring (bicyclic) bond motifs is 5. The van der Waals surface area contributed by atoms with Crippen molar-refractivity contribution < 1.29 is 0 Å². The van der Waals surface area contributed by atoms with Crippen LogP contribution in [0.25, 0.3) is 64.0 Å². The lowest BCUT2D eigenvalue weighted by Crippen LogP contribution is -2.11. The standard InChI is InChI=1S/C44H29NS/c1-2-11-32(12-3-1)39-14-6-8-16-42(39)45(37-23-20-31(21-24-37)34-19-18-30-10-4-5-13-33(30)26-34)38-25-22-35-29-44-41(28-36(35)27-38)40-15-7-9-17-43(40)46-44/h1-29H. The third-order valence-corrected chi connectivity index (χ3v) is 10.1. The van der Waals surface area contributed by atoms with E-state index in [1.807, 2.05) is 11.3 Å². The maximum absolute atomic E-state index is 2.40. The van der Waals surface area contributed by atoms with Crippen LogP contribution in [0, 0.1) is 0 Å². The molecule has 0 aliphatic rings. The number of hydrogen-bond acceptors (Lipinski definition) is 2. The van der Waals surface area contributed by atoms with Gasteiger partial charge in [-0.3, -0.25) is 0 Å². The summed E-state index contributed by atoms with van der Waals surface area (Å²) in [5, 5.41) is 7.66. The average Bonchev–Trinajstić information content (AvgIpc) is 3.49. The molecule has 1 aromatic heterocycles. The summed E-state index contributed by atoms with van der Waals surface area (Å²) in [5.74, 6) is 0. The SMILES string of the molecule is c1ccc(-c2ccccc2N(c2ccc(-c3ccc4ccccc4c3)cc2)c2ccc3cc4sc5ccccc5c4cc3c2)cc1. The Morgan fingerprint density at radius 3 is 1.91 bits per heavy atom. The second-order valence-electron chi connectivity index (χ2n) is 11.8. The van der Waals surface area contributed by atoms with E-state index in [4.69, 9.17) is 0 Å². The summed E-state index contributed by atoms with van der Waals surface area (Å²) in [6, 6.07) is 64.0. The van der Waals surface area contributed by atoms with Gasteiger partial charge in [0, 0.05) is 37.1 Å². The Balaban J connectivity index is 1.21. The Morgan fingerprint density at radius 1 is 0.348 bits per heavy atom. The smallest absolute Gasteiger partial charge is 0.0540 e. The van der Waals surface area contributed by atoms with Crippen LogP contribution in [0.4, 0.5) is 17.1 Å². The van der Waals surface area contributed by atoms with Gasteiger partial charge in [0.15, 0.2) is 0 Å². The normalized spacial score (nSPS) is 11.5. The van der Waals surface area contributed by atoms with Gasteiger partial charge in [-0.1, -0.05) is 121 Å². The largest absolute Gasteiger partial charge is 0.310 e. The van der Waals surface area contributed by atoms with E-state index in [1.165, 1.54) is 64.0 Å². The van der Waals surface area contributed by atoms with E-state index in [2.05, 4.69) is 181 Å². The average molecular weight is 604 g/mol. The van der Waals surface area contributed by atoms with Crippen molar-refractivity contribution in [3.8, 4) is 22.3 Å². The molecule has 46 heavy (non-hydrogen) atoms. The summed E-state index contributed by atoms with van der Waals surface area (Å²) in [6.45, 7) is 0. The molecule has 0 saturated carbocycles. The van der Waals surface area contributed by atoms with Crippen LogP contribution in [0.1, 0.15) is 0 Å². The van der Waals surface area contributed by atoms with Crippen molar-refractivity contribution in [1.82, 2.24) is 0 Å². The zero-order chi connectivity index (χ0) is 30.5. The molecule has 1 nitrogen and oxygen atoms in total. The number of nitrogens with zero attached hydrogens (tertiary/aromatic N) is 1. The van der Waals surface area contributed by atoms with Crippen molar-refractivity contribution in [2.45, 2.75) is 0 Å². The summed E-state index contributed by atoms with van der Waals surface area (Å²) < 4.78 is 2.66. The van der Waals surface area contributed by atoms with Crippen LogP contribution < -0.4 is 4.90 Å². The Kier molecular flexibility index (Phi) is 6.40. The molecular weight excluding hydrogens is 575 g/mol. The number of anilines is 3. The van der Waals surface area contributed by atoms with Crippen molar-refractivity contribution in [2.24, 2.45) is 0 Å². The number of para-hydroxylation sites is 1. The summed E-state index contributed by atoms with van der Waals surface area (Å²) in [5.41, 5.74) is 8.22. The fourth-order valence-electron chi connectivity index (χ4n) is 6.72. The highest BCUT2D eigenvalue weighted by Crippen LogP contribution is 2.43. The van der Waals surface area contributed by atoms with Gasteiger partial charge < -0.3 is 4.90 Å². The molecule has 8 aromatic carbocycles. The molecule has 0 aliphatic heterocycles. The predicted molar refractivity (Wildman–Crippen MR) is 200 cm³/mol. The molecule has 0 radical (unpaired) electrons. The van der Waals surface area contributed by atoms with Gasteiger partial charge in [0.2, 0.25) is 0 Å². The molecule has 216 valence electrons. The quantitative estimate of drug-likeness (QED) is 0.189. The summed E-state index contributed by atoms with van der Waals surface area (Å²) in [6.07, 6.45) is 0. The Bertz CT molecular complexity index is 2530. The highest BCUT2D eigenvalue weighted by atomic mass is 32.1. The van der Waals surface area contributed by atoms with Gasteiger partial charge in [-0.15, -0.1) is 11.3 Å². The highest BCUT2D eigenvalue weighted by molar-refractivity contribution is 7.25. The van der Waals surface area contributed by atoms with Crippen LogP contribution >= 0.6 is 11.3 Å². The van der Waals surface area contributed by atoms with Gasteiger partial charge >= 0.3 is 0 Å². The van der Waals surface area contributed by atoms with Gasteiger partial charge in [0.05, 0.1) is 5.69 Å². The molecule has 9 aromatic rings. The number of thiophene rings is 1. The zero-order valence-corrected chi connectivity index (χ0v) is 25.9. The van der Waals surface area contributed by atoms with Gasteiger partial charge in [0.25, 0.3) is 0 Å². The Labute approximate surface area is 272 Å². The molecule has 0 aliphatic carbocycles. The van der Waals surface area contributed by atoms with E-state index in [0.717, 1.165) is 17.1 Å². The summed E-state index contributed by atoms with van der Waals surface area (Å²) in [7, 11) is 0. The first kappa shape index (κ1) is 26.7. The lowest BCUT2D eigenvalue weighted by molar-refractivity contribution is 1.29. The van der Waals surface area contributed by atoms with E-state index < -0.39 is 0 Å². The molecule has 0 atom stereocenters. The van der Waals surface area contributed by atoms with Crippen molar-refractivity contribution in [1.29, 1.82) is 0 Å². The van der Waals surface area contributed by atoms with Crippen LogP contribution in [0.15, 0.2) is 176 Å². The lowest BCUT2D eigenvalue weighted by Gasteiger charge is -2.28. The minimum atomic E-state index is 1.12. The van der Waals surface area contributed by atoms with Crippen molar-refractivity contribution in [2.75, 3.05) is 4.90 Å². The van der Waals surface area contributed by atoms with Gasteiger partial charge in [-0.05, 0) is 92.8 Å². The summed E-state index contributed by atoms with van der Waals surface area (Å²) >= 11 is 1.87. The molecule has 9 rings (SSSR count). The van der Waals surface area contributed by atoms with Crippen LogP contribution in [0.3, 0.4) is 0 Å². The second-order valence-corrected chi connectivity index (χ2v) is 12.9. The van der Waals surface area contributed by atoms with Crippen LogP contribution in [-0.4, -0.2) is 0 Å². The minimum absolute atomic E-state index is 1.12. The topological polar surface area (TPSA) is 3.24 Å². The first-order chi connectivity index (χ1) is 22.8. The first-order valence-electron chi connectivity index (χ1n) is 15.7. The second kappa shape index (κ2) is 11.0.